The second-order valence-corrected chi connectivity index (χ2v) is 7.39. The number of rotatable bonds is 10. The lowest BCUT2D eigenvalue weighted by Crippen LogP contribution is -2.36. The Bertz CT molecular complexity index is 834. The first-order valence-electron chi connectivity index (χ1n) is 9.65. The van der Waals surface area contributed by atoms with Crippen LogP contribution < -0.4 is 14.8 Å². The first-order chi connectivity index (χ1) is 13.8. The SMILES string of the molecule is COc1ccc(-c2cc([N+](=O)[O-])ccc2OCC(=O)N[C@@H](C)CCC(C)C)cc1. The van der Waals surface area contributed by atoms with E-state index in [-0.39, 0.29) is 24.2 Å². The lowest BCUT2D eigenvalue weighted by atomic mass is 10.0. The molecule has 0 spiro atoms. The molecule has 156 valence electrons. The molecule has 0 aliphatic heterocycles. The highest BCUT2D eigenvalue weighted by Gasteiger charge is 2.15. The minimum Gasteiger partial charge on any atom is -0.497 e. The van der Waals surface area contributed by atoms with E-state index in [1.54, 1.807) is 31.4 Å². The summed E-state index contributed by atoms with van der Waals surface area (Å²) in [5.41, 5.74) is 1.23. The van der Waals surface area contributed by atoms with Gasteiger partial charge in [-0.05, 0) is 49.4 Å². The lowest BCUT2D eigenvalue weighted by molar-refractivity contribution is -0.384. The highest BCUT2D eigenvalue weighted by Crippen LogP contribution is 2.34. The molecule has 0 saturated carbocycles. The largest absolute Gasteiger partial charge is 0.497 e. The van der Waals surface area contributed by atoms with Crippen molar-refractivity contribution in [2.75, 3.05) is 13.7 Å². The van der Waals surface area contributed by atoms with Gasteiger partial charge in [-0.3, -0.25) is 14.9 Å². The Morgan fingerprint density at radius 1 is 1.10 bits per heavy atom. The first kappa shape index (κ1) is 22.2. The van der Waals surface area contributed by atoms with Crippen LogP contribution in [-0.4, -0.2) is 30.6 Å². The number of hydrogen-bond donors (Lipinski definition) is 1. The Balaban J connectivity index is 2.13. The van der Waals surface area contributed by atoms with E-state index < -0.39 is 4.92 Å². The van der Waals surface area contributed by atoms with Crippen molar-refractivity contribution in [3.05, 3.63) is 52.6 Å². The Hall–Kier alpha value is -3.09. The number of carbonyl (C=O) groups excluding carboxylic acids is 1. The number of amides is 1. The van der Waals surface area contributed by atoms with E-state index in [0.29, 0.717) is 23.0 Å². The Kier molecular flexibility index (Phi) is 8.00. The summed E-state index contributed by atoms with van der Waals surface area (Å²) in [5, 5.41) is 14.1. The second-order valence-electron chi connectivity index (χ2n) is 7.39. The number of nitrogens with zero attached hydrogens (tertiary/aromatic N) is 1. The monoisotopic (exact) mass is 400 g/mol. The van der Waals surface area contributed by atoms with Crippen LogP contribution in [0, 0.1) is 16.0 Å². The topological polar surface area (TPSA) is 90.7 Å². The summed E-state index contributed by atoms with van der Waals surface area (Å²) in [6, 6.07) is 11.5. The average Bonchev–Trinajstić information content (AvgIpc) is 2.70. The van der Waals surface area contributed by atoms with Crippen LogP contribution in [0.25, 0.3) is 11.1 Å². The van der Waals surface area contributed by atoms with E-state index in [1.165, 1.54) is 18.2 Å². The number of ether oxygens (including phenoxy) is 2. The predicted octanol–water partition coefficient (Wildman–Crippen LogP) is 4.59. The minimum absolute atomic E-state index is 0.0464. The molecule has 0 unspecified atom stereocenters. The zero-order valence-corrected chi connectivity index (χ0v) is 17.3. The number of hydrogen-bond acceptors (Lipinski definition) is 5. The third-order valence-electron chi connectivity index (χ3n) is 4.52. The summed E-state index contributed by atoms with van der Waals surface area (Å²) in [6.07, 6.45) is 1.93. The number of carbonyl (C=O) groups is 1. The van der Waals surface area contributed by atoms with E-state index >= 15 is 0 Å². The van der Waals surface area contributed by atoms with Crippen molar-refractivity contribution >= 4 is 11.6 Å². The van der Waals surface area contributed by atoms with E-state index in [0.717, 1.165) is 18.4 Å². The fourth-order valence-corrected chi connectivity index (χ4v) is 2.87. The van der Waals surface area contributed by atoms with E-state index in [4.69, 9.17) is 9.47 Å². The van der Waals surface area contributed by atoms with Gasteiger partial charge in [-0.25, -0.2) is 0 Å². The number of methoxy groups -OCH3 is 1. The summed E-state index contributed by atoms with van der Waals surface area (Å²) in [7, 11) is 1.57. The fraction of sp³-hybridized carbons (Fsp3) is 0.409. The van der Waals surface area contributed by atoms with E-state index in [1.807, 2.05) is 6.92 Å². The highest BCUT2D eigenvalue weighted by molar-refractivity contribution is 5.79. The van der Waals surface area contributed by atoms with Crippen LogP contribution in [0.5, 0.6) is 11.5 Å². The van der Waals surface area contributed by atoms with Crippen molar-refractivity contribution < 1.29 is 19.2 Å². The van der Waals surface area contributed by atoms with Crippen molar-refractivity contribution in [1.29, 1.82) is 0 Å². The summed E-state index contributed by atoms with van der Waals surface area (Å²) in [6.45, 7) is 6.10. The highest BCUT2D eigenvalue weighted by atomic mass is 16.6. The maximum Gasteiger partial charge on any atom is 0.270 e. The van der Waals surface area contributed by atoms with Crippen LogP contribution in [0.3, 0.4) is 0 Å². The molecule has 0 heterocycles. The molecule has 1 N–H and O–H groups in total. The molecule has 7 heteroatoms. The van der Waals surface area contributed by atoms with Crippen molar-refractivity contribution in [3.63, 3.8) is 0 Å². The third kappa shape index (κ3) is 6.78. The molecule has 0 saturated heterocycles. The van der Waals surface area contributed by atoms with Crippen molar-refractivity contribution in [2.24, 2.45) is 5.92 Å². The number of non-ortho nitro benzene ring substituents is 1. The van der Waals surface area contributed by atoms with Gasteiger partial charge in [0.1, 0.15) is 11.5 Å². The van der Waals surface area contributed by atoms with Gasteiger partial charge in [0.15, 0.2) is 6.61 Å². The molecule has 0 aliphatic carbocycles. The number of benzene rings is 2. The molecular formula is C22H28N2O5. The molecule has 0 radical (unpaired) electrons. The standard InChI is InChI=1S/C22H28N2O5/c1-15(2)5-6-16(3)23-22(25)14-29-21-12-9-18(24(26)27)13-20(21)17-7-10-19(28-4)11-8-17/h7-13,15-16H,5-6,14H2,1-4H3,(H,23,25)/t16-/m0/s1. The maximum absolute atomic E-state index is 12.2. The molecule has 2 rings (SSSR count). The lowest BCUT2D eigenvalue weighted by Gasteiger charge is -2.16. The van der Waals surface area contributed by atoms with Gasteiger partial charge in [-0.2, -0.15) is 0 Å². The molecule has 7 nitrogen and oxygen atoms in total. The molecule has 1 atom stereocenters. The van der Waals surface area contributed by atoms with Crippen LogP contribution in [0.4, 0.5) is 5.69 Å². The first-order valence-corrected chi connectivity index (χ1v) is 9.65. The molecule has 0 aromatic heterocycles. The Labute approximate surface area is 171 Å². The normalized spacial score (nSPS) is 11.8. The zero-order chi connectivity index (χ0) is 21.4. The van der Waals surface area contributed by atoms with Crippen LogP contribution in [0.15, 0.2) is 42.5 Å². The van der Waals surface area contributed by atoms with Gasteiger partial charge >= 0.3 is 0 Å². The molecule has 0 fully saturated rings. The second kappa shape index (κ2) is 10.5. The molecule has 2 aromatic rings. The summed E-state index contributed by atoms with van der Waals surface area (Å²) in [5.74, 6) is 1.44. The van der Waals surface area contributed by atoms with Crippen molar-refractivity contribution in [1.82, 2.24) is 5.32 Å². The smallest absolute Gasteiger partial charge is 0.270 e. The van der Waals surface area contributed by atoms with Crippen LogP contribution >= 0.6 is 0 Å². The zero-order valence-electron chi connectivity index (χ0n) is 17.3. The molecule has 0 aliphatic rings. The molecule has 29 heavy (non-hydrogen) atoms. The van der Waals surface area contributed by atoms with Gasteiger partial charge < -0.3 is 14.8 Å². The molecule has 1 amide bonds. The summed E-state index contributed by atoms with van der Waals surface area (Å²) < 4.78 is 10.9. The van der Waals surface area contributed by atoms with Gasteiger partial charge in [-0.15, -0.1) is 0 Å². The average molecular weight is 400 g/mol. The van der Waals surface area contributed by atoms with Crippen LogP contribution in [0.1, 0.15) is 33.6 Å². The van der Waals surface area contributed by atoms with E-state index in [9.17, 15) is 14.9 Å². The number of nitrogens with one attached hydrogen (secondary N) is 1. The number of nitro benzene ring substituents is 1. The van der Waals surface area contributed by atoms with Gasteiger partial charge in [0, 0.05) is 23.7 Å². The third-order valence-corrected chi connectivity index (χ3v) is 4.52. The van der Waals surface area contributed by atoms with Gasteiger partial charge in [0.25, 0.3) is 11.6 Å². The molecular weight excluding hydrogens is 372 g/mol. The fourth-order valence-electron chi connectivity index (χ4n) is 2.87. The van der Waals surface area contributed by atoms with Gasteiger partial charge in [0.2, 0.25) is 0 Å². The minimum atomic E-state index is -0.458. The summed E-state index contributed by atoms with van der Waals surface area (Å²) >= 11 is 0. The molecule has 0 bridgehead atoms. The Morgan fingerprint density at radius 3 is 2.38 bits per heavy atom. The van der Waals surface area contributed by atoms with Gasteiger partial charge in [0.05, 0.1) is 12.0 Å². The molecule has 2 aromatic carbocycles. The van der Waals surface area contributed by atoms with Gasteiger partial charge in [-0.1, -0.05) is 26.0 Å². The van der Waals surface area contributed by atoms with E-state index in [2.05, 4.69) is 19.2 Å². The number of nitro groups is 1. The Morgan fingerprint density at radius 2 is 1.79 bits per heavy atom. The van der Waals surface area contributed by atoms with Crippen LogP contribution in [0.2, 0.25) is 0 Å². The van der Waals surface area contributed by atoms with Crippen LogP contribution in [-0.2, 0) is 4.79 Å². The predicted molar refractivity (Wildman–Crippen MR) is 112 cm³/mol. The maximum atomic E-state index is 12.2. The summed E-state index contributed by atoms with van der Waals surface area (Å²) in [4.78, 5) is 22.9. The quantitative estimate of drug-likeness (QED) is 0.465. The van der Waals surface area contributed by atoms with Crippen molar-refractivity contribution in [2.45, 2.75) is 39.7 Å². The van der Waals surface area contributed by atoms with Crippen molar-refractivity contribution in [3.8, 4) is 22.6 Å².